The van der Waals surface area contributed by atoms with Gasteiger partial charge in [0, 0.05) is 5.56 Å². The van der Waals surface area contributed by atoms with E-state index in [0.717, 1.165) is 17.7 Å². The van der Waals surface area contributed by atoms with E-state index in [1.54, 1.807) is 18.2 Å². The first kappa shape index (κ1) is 15.9. The fourth-order valence-electron chi connectivity index (χ4n) is 2.49. The summed E-state index contributed by atoms with van der Waals surface area (Å²) in [6.45, 7) is 0.169. The summed E-state index contributed by atoms with van der Waals surface area (Å²) in [4.78, 5) is 20.3. The molecule has 0 radical (unpaired) electrons. The van der Waals surface area contributed by atoms with Crippen molar-refractivity contribution in [3.05, 3.63) is 66.0 Å². The normalized spacial score (nSPS) is 12.1. The molecular formula is C18H11F2N3O3. The number of rotatable bonds is 3. The van der Waals surface area contributed by atoms with Crippen LogP contribution in [0.3, 0.4) is 0 Å². The number of nitrogens with zero attached hydrogens (tertiary/aromatic N) is 2. The highest BCUT2D eigenvalue weighted by Crippen LogP contribution is 2.35. The van der Waals surface area contributed by atoms with E-state index in [9.17, 15) is 13.6 Å². The third-order valence-corrected chi connectivity index (χ3v) is 3.75. The molecule has 2 heterocycles. The third kappa shape index (κ3) is 2.92. The Labute approximate surface area is 146 Å². The molecule has 6 nitrogen and oxygen atoms in total. The van der Waals surface area contributed by atoms with E-state index in [0.29, 0.717) is 17.2 Å². The SMILES string of the molecule is O=C(Nc1cnc(-c2ccc3c(c2)OCO3)cn1)c1c(F)cccc1F. The van der Waals surface area contributed by atoms with Gasteiger partial charge in [-0.2, -0.15) is 0 Å². The van der Waals surface area contributed by atoms with E-state index in [2.05, 4.69) is 15.3 Å². The van der Waals surface area contributed by atoms with Crippen molar-refractivity contribution < 1.29 is 23.0 Å². The molecule has 130 valence electrons. The fraction of sp³-hybridized carbons (Fsp3) is 0.0556. The lowest BCUT2D eigenvalue weighted by Gasteiger charge is -2.07. The van der Waals surface area contributed by atoms with Crippen LogP contribution in [0.4, 0.5) is 14.6 Å². The Morgan fingerprint density at radius 1 is 1.00 bits per heavy atom. The highest BCUT2D eigenvalue weighted by atomic mass is 19.1. The zero-order chi connectivity index (χ0) is 18.1. The lowest BCUT2D eigenvalue weighted by Crippen LogP contribution is -2.16. The molecule has 1 amide bonds. The Morgan fingerprint density at radius 2 is 1.77 bits per heavy atom. The molecular weight excluding hydrogens is 344 g/mol. The molecule has 1 aliphatic heterocycles. The number of benzene rings is 2. The molecule has 1 aromatic heterocycles. The van der Waals surface area contributed by atoms with E-state index in [-0.39, 0.29) is 12.6 Å². The van der Waals surface area contributed by atoms with Crippen molar-refractivity contribution in [3.8, 4) is 22.8 Å². The van der Waals surface area contributed by atoms with Crippen molar-refractivity contribution in [1.29, 1.82) is 0 Å². The van der Waals surface area contributed by atoms with Crippen LogP contribution in [0.15, 0.2) is 48.8 Å². The summed E-state index contributed by atoms with van der Waals surface area (Å²) >= 11 is 0. The molecule has 0 saturated heterocycles. The molecule has 26 heavy (non-hydrogen) atoms. The molecule has 3 aromatic rings. The largest absolute Gasteiger partial charge is 0.454 e. The number of hydrogen-bond donors (Lipinski definition) is 1. The van der Waals surface area contributed by atoms with Crippen LogP contribution >= 0.6 is 0 Å². The number of fused-ring (bicyclic) bond motifs is 1. The summed E-state index contributed by atoms with van der Waals surface area (Å²) in [6.07, 6.45) is 2.74. The number of halogens is 2. The van der Waals surface area contributed by atoms with Crippen LogP contribution in [-0.2, 0) is 0 Å². The van der Waals surface area contributed by atoms with Crippen molar-refractivity contribution >= 4 is 11.7 Å². The summed E-state index contributed by atoms with van der Waals surface area (Å²) in [6, 6.07) is 8.51. The second kappa shape index (κ2) is 6.40. The van der Waals surface area contributed by atoms with Gasteiger partial charge in [-0.15, -0.1) is 0 Å². The van der Waals surface area contributed by atoms with Crippen LogP contribution in [0.2, 0.25) is 0 Å². The molecule has 0 unspecified atom stereocenters. The van der Waals surface area contributed by atoms with Gasteiger partial charge in [-0.3, -0.25) is 9.78 Å². The molecule has 4 rings (SSSR count). The van der Waals surface area contributed by atoms with Gasteiger partial charge in [0.05, 0.1) is 18.1 Å². The first-order chi connectivity index (χ1) is 12.6. The molecule has 1 N–H and O–H groups in total. The summed E-state index contributed by atoms with van der Waals surface area (Å²) in [7, 11) is 0. The van der Waals surface area contributed by atoms with Gasteiger partial charge in [0.15, 0.2) is 17.3 Å². The van der Waals surface area contributed by atoms with Gasteiger partial charge in [-0.05, 0) is 30.3 Å². The van der Waals surface area contributed by atoms with Crippen LogP contribution in [0.5, 0.6) is 11.5 Å². The van der Waals surface area contributed by atoms with Gasteiger partial charge in [0.25, 0.3) is 5.91 Å². The molecule has 8 heteroatoms. The van der Waals surface area contributed by atoms with Crippen molar-refractivity contribution in [2.75, 3.05) is 12.1 Å². The minimum absolute atomic E-state index is 0.0714. The van der Waals surface area contributed by atoms with Gasteiger partial charge in [-0.1, -0.05) is 6.07 Å². The Kier molecular flexibility index (Phi) is 3.92. The minimum atomic E-state index is -0.951. The van der Waals surface area contributed by atoms with Gasteiger partial charge >= 0.3 is 0 Å². The Morgan fingerprint density at radius 3 is 2.50 bits per heavy atom. The summed E-state index contributed by atoms with van der Waals surface area (Å²) in [5, 5.41) is 2.32. The monoisotopic (exact) mass is 355 g/mol. The smallest absolute Gasteiger partial charge is 0.262 e. The highest BCUT2D eigenvalue weighted by molar-refractivity contribution is 6.04. The number of hydrogen-bond acceptors (Lipinski definition) is 5. The van der Waals surface area contributed by atoms with Gasteiger partial charge in [0.2, 0.25) is 6.79 Å². The maximum atomic E-state index is 13.6. The molecule has 0 fully saturated rings. The van der Waals surface area contributed by atoms with Gasteiger partial charge < -0.3 is 14.8 Å². The van der Waals surface area contributed by atoms with Gasteiger partial charge in [-0.25, -0.2) is 13.8 Å². The maximum Gasteiger partial charge on any atom is 0.262 e. The molecule has 2 aromatic carbocycles. The Bertz CT molecular complexity index is 973. The van der Waals surface area contributed by atoms with Crippen LogP contribution in [0, 0.1) is 11.6 Å². The summed E-state index contributed by atoms with van der Waals surface area (Å²) < 4.78 is 37.8. The maximum absolute atomic E-state index is 13.6. The quantitative estimate of drug-likeness (QED) is 0.779. The predicted octanol–water partition coefficient (Wildman–Crippen LogP) is 3.40. The number of carbonyl (C=O) groups excluding carboxylic acids is 1. The molecule has 1 aliphatic rings. The first-order valence-electron chi connectivity index (χ1n) is 7.59. The van der Waals surface area contributed by atoms with E-state index < -0.39 is 23.1 Å². The number of anilines is 1. The van der Waals surface area contributed by atoms with Crippen LogP contribution in [0.25, 0.3) is 11.3 Å². The lowest BCUT2D eigenvalue weighted by atomic mass is 10.1. The summed E-state index contributed by atoms with van der Waals surface area (Å²) in [5.74, 6) is -1.51. The summed E-state index contributed by atoms with van der Waals surface area (Å²) in [5.41, 5.74) is 0.618. The standard InChI is InChI=1S/C18H11F2N3O3/c19-11-2-1-3-12(20)17(11)18(24)23-16-8-21-13(7-22-16)10-4-5-14-15(6-10)26-9-25-14/h1-8H,9H2,(H,22,23,24). The second-order valence-corrected chi connectivity index (χ2v) is 5.41. The number of carbonyl (C=O) groups is 1. The predicted molar refractivity (Wildman–Crippen MR) is 87.9 cm³/mol. The Balaban J connectivity index is 1.54. The van der Waals surface area contributed by atoms with Crippen LogP contribution in [-0.4, -0.2) is 22.7 Å². The van der Waals surface area contributed by atoms with E-state index in [1.165, 1.54) is 18.5 Å². The van der Waals surface area contributed by atoms with E-state index >= 15 is 0 Å². The number of nitrogens with one attached hydrogen (secondary N) is 1. The van der Waals surface area contributed by atoms with Crippen molar-refractivity contribution in [2.45, 2.75) is 0 Å². The van der Waals surface area contributed by atoms with E-state index in [1.807, 2.05) is 0 Å². The third-order valence-electron chi connectivity index (χ3n) is 3.75. The average molecular weight is 355 g/mol. The Hall–Kier alpha value is -3.55. The second-order valence-electron chi connectivity index (χ2n) is 5.41. The molecule has 0 atom stereocenters. The number of aromatic nitrogens is 2. The average Bonchev–Trinajstić information content (AvgIpc) is 3.10. The number of amides is 1. The zero-order valence-corrected chi connectivity index (χ0v) is 13.2. The molecule has 0 saturated carbocycles. The highest BCUT2D eigenvalue weighted by Gasteiger charge is 2.18. The topological polar surface area (TPSA) is 73.3 Å². The van der Waals surface area contributed by atoms with Crippen LogP contribution in [0.1, 0.15) is 10.4 Å². The van der Waals surface area contributed by atoms with Gasteiger partial charge in [0.1, 0.15) is 17.2 Å². The molecule has 0 aliphatic carbocycles. The zero-order valence-electron chi connectivity index (χ0n) is 13.2. The molecule has 0 bridgehead atoms. The first-order valence-corrected chi connectivity index (χ1v) is 7.59. The van der Waals surface area contributed by atoms with Crippen LogP contribution < -0.4 is 14.8 Å². The minimum Gasteiger partial charge on any atom is -0.454 e. The fourth-order valence-corrected chi connectivity index (χ4v) is 2.49. The van der Waals surface area contributed by atoms with Crippen molar-refractivity contribution in [2.24, 2.45) is 0 Å². The molecule has 0 spiro atoms. The van der Waals surface area contributed by atoms with E-state index in [4.69, 9.17) is 9.47 Å². The lowest BCUT2D eigenvalue weighted by molar-refractivity contribution is 0.101. The van der Waals surface area contributed by atoms with Crippen molar-refractivity contribution in [1.82, 2.24) is 9.97 Å². The van der Waals surface area contributed by atoms with Crippen molar-refractivity contribution in [3.63, 3.8) is 0 Å². The number of ether oxygens (including phenoxy) is 2.